The van der Waals surface area contributed by atoms with Crippen molar-refractivity contribution < 1.29 is 29.9 Å². The first-order chi connectivity index (χ1) is 52.0. The number of pyridine rings is 7. The topological polar surface area (TPSA) is 253 Å². The van der Waals surface area contributed by atoms with Crippen molar-refractivity contribution in [3.63, 3.8) is 0 Å². The second kappa shape index (κ2) is 35.1. The molecule has 108 heavy (non-hydrogen) atoms. The Morgan fingerprint density at radius 1 is 0.389 bits per heavy atom. The van der Waals surface area contributed by atoms with Crippen molar-refractivity contribution in [2.45, 2.75) is 132 Å². The average molecular weight is 1480 g/mol. The van der Waals surface area contributed by atoms with Crippen LogP contribution in [0.25, 0.3) is 11.1 Å². The highest BCUT2D eigenvalue weighted by Gasteiger charge is 2.23. The number of fused-ring (bicyclic) bond motifs is 5. The molecule has 0 bridgehead atoms. The summed E-state index contributed by atoms with van der Waals surface area (Å²) in [7, 11) is 0. The van der Waals surface area contributed by atoms with Crippen molar-refractivity contribution in [1.29, 1.82) is 0 Å². The molecule has 7 aromatic heterocycles. The van der Waals surface area contributed by atoms with Crippen LogP contribution < -0.4 is 27.1 Å². The van der Waals surface area contributed by atoms with E-state index in [4.69, 9.17) is 11.6 Å². The molecule has 5 aliphatic heterocycles. The van der Waals surface area contributed by atoms with Gasteiger partial charge in [-0.1, -0.05) is 116 Å². The number of aromatic nitrogens is 7. The lowest BCUT2D eigenvalue weighted by Gasteiger charge is -2.30. The molecular formula is C84H90ClFN12O10. The van der Waals surface area contributed by atoms with E-state index in [0.29, 0.717) is 43.7 Å². The Bertz CT molecular complexity index is 5160. The Morgan fingerprint density at radius 2 is 0.750 bits per heavy atom. The van der Waals surface area contributed by atoms with E-state index in [1.54, 1.807) is 43.0 Å². The molecule has 0 fully saturated rings. The summed E-state index contributed by atoms with van der Waals surface area (Å²) in [6.45, 7) is 24.4. The molecule has 0 atom stereocenters. The number of rotatable bonds is 12. The molecule has 0 radical (unpaired) electrons. The van der Waals surface area contributed by atoms with E-state index in [2.05, 4.69) is 135 Å². The molecule has 5 N–H and O–H groups in total. The van der Waals surface area contributed by atoms with Gasteiger partial charge in [0.25, 0.3) is 0 Å². The van der Waals surface area contributed by atoms with Gasteiger partial charge < -0.3 is 48.4 Å². The quantitative estimate of drug-likeness (QED) is 0.0762. The van der Waals surface area contributed by atoms with Gasteiger partial charge in [-0.25, -0.2) is 4.39 Å². The highest BCUT2D eigenvalue weighted by Crippen LogP contribution is 2.27. The Morgan fingerprint density at radius 3 is 1.11 bits per heavy atom. The van der Waals surface area contributed by atoms with Crippen molar-refractivity contribution in [2.75, 3.05) is 32.7 Å². The van der Waals surface area contributed by atoms with Gasteiger partial charge in [0, 0.05) is 220 Å². The zero-order valence-electron chi connectivity index (χ0n) is 61.1. The summed E-state index contributed by atoms with van der Waals surface area (Å²) < 4.78 is 22.8. The Hall–Kier alpha value is -11.1. The first-order valence-electron chi connectivity index (χ1n) is 36.2. The first kappa shape index (κ1) is 76.6. The van der Waals surface area contributed by atoms with Crippen molar-refractivity contribution in [1.82, 2.24) is 57.3 Å². The molecule has 16 rings (SSSR count). The molecule has 12 heterocycles. The highest BCUT2D eigenvalue weighted by atomic mass is 35.5. The average Bonchev–Trinajstić information content (AvgIpc) is 0.834. The third kappa shape index (κ3) is 20.1. The van der Waals surface area contributed by atoms with Gasteiger partial charge in [-0.2, -0.15) is 0 Å². The van der Waals surface area contributed by atoms with E-state index in [0.717, 1.165) is 149 Å². The van der Waals surface area contributed by atoms with Crippen LogP contribution in [0, 0.1) is 19.7 Å². The molecule has 0 saturated heterocycles. The van der Waals surface area contributed by atoms with Gasteiger partial charge in [0.05, 0.1) is 31.0 Å². The van der Waals surface area contributed by atoms with Crippen LogP contribution in [0.15, 0.2) is 219 Å². The van der Waals surface area contributed by atoms with E-state index < -0.39 is 0 Å². The molecule has 0 amide bonds. The number of benzene rings is 4. The minimum absolute atomic E-state index is 0.165. The number of hydrogen-bond donors (Lipinski definition) is 5. The fourth-order valence-electron chi connectivity index (χ4n) is 14.0. The van der Waals surface area contributed by atoms with Crippen LogP contribution in [0.3, 0.4) is 0 Å². The number of aryl methyl sites for hydroxylation is 2. The molecule has 0 unspecified atom stereocenters. The Balaban J connectivity index is 0.000000126. The highest BCUT2D eigenvalue weighted by molar-refractivity contribution is 6.31. The molecular weight excluding hydrogens is 1390 g/mol. The number of halogens is 2. The summed E-state index contributed by atoms with van der Waals surface area (Å²) in [4.78, 5) is 77.4. The summed E-state index contributed by atoms with van der Waals surface area (Å²) >= 11 is 6.04. The summed E-state index contributed by atoms with van der Waals surface area (Å²) in [5.41, 5.74) is 15.2. The monoisotopic (exact) mass is 1480 g/mol. The van der Waals surface area contributed by atoms with Crippen molar-refractivity contribution in [3.05, 3.63) is 330 Å². The Labute approximate surface area is 630 Å². The van der Waals surface area contributed by atoms with Crippen LogP contribution in [0.2, 0.25) is 5.02 Å². The fourth-order valence-corrected chi connectivity index (χ4v) is 14.2. The standard InChI is InChI=1S/C20H19N3O2.C18H22N2O2.C17H20N2O2.C15H14ClFN2O2.C14H15N3O2/c24-19-10-18-13-22(8-9-23(18)14-20(19)25)12-15-3-5-16(6-4-15)17-2-1-7-21-11-17;1-13(2)15-5-3-14(4-6-15)10-19-7-8-20-12-18(22)17(21)9-16(20)11-19;1-12-3-4-14(13(2)7-12)9-18-5-6-19-11-17(21)16(20)8-15(19)10-18;16-13-5-11(17)2-1-10(13)7-18-3-4-19-9-15(21)14(20)6-12(19)8-18;18-13-6-12-9-16(4-5-17(12)10-14(13)19)8-11-2-1-3-15-7-11/h1-7,10-11,14,25H,8-9,12-13H2;3-6,9,12-13,22H,7-8,10-11H2,1-2H3;3-4,7-8,11,21H,5-6,9-10H2,1-2H3;1-2,5-6,9,21H,3-4,7-8H2;1-3,6-7,10,19H,4-5,8-9H2. The molecule has 0 aliphatic carbocycles. The summed E-state index contributed by atoms with van der Waals surface area (Å²) in [6, 6.07) is 43.7. The van der Waals surface area contributed by atoms with Crippen molar-refractivity contribution in [3.8, 4) is 39.9 Å². The molecule has 0 saturated carbocycles. The molecule has 560 valence electrons. The van der Waals surface area contributed by atoms with E-state index >= 15 is 0 Å². The van der Waals surface area contributed by atoms with Crippen LogP contribution in [0.1, 0.15) is 92.7 Å². The summed E-state index contributed by atoms with van der Waals surface area (Å²) in [5, 5.41) is 47.8. The maximum atomic E-state index is 13.0. The minimum Gasteiger partial charge on any atom is -0.503 e. The van der Waals surface area contributed by atoms with Crippen molar-refractivity contribution >= 4 is 11.6 Å². The third-order valence-corrected chi connectivity index (χ3v) is 20.4. The maximum absolute atomic E-state index is 13.0. The lowest BCUT2D eigenvalue weighted by atomic mass is 10.0. The van der Waals surface area contributed by atoms with Gasteiger partial charge in [-0.15, -0.1) is 0 Å². The van der Waals surface area contributed by atoms with Gasteiger partial charge in [0.1, 0.15) is 5.82 Å². The smallest absolute Gasteiger partial charge is 0.223 e. The Kier molecular flexibility index (Phi) is 24.9. The van der Waals surface area contributed by atoms with E-state index in [9.17, 15) is 53.9 Å². The largest absolute Gasteiger partial charge is 0.503 e. The van der Waals surface area contributed by atoms with Gasteiger partial charge in [-0.05, 0) is 94.1 Å². The molecule has 24 heteroatoms. The zero-order valence-corrected chi connectivity index (χ0v) is 61.9. The number of aromatic hydroxyl groups is 5. The van der Waals surface area contributed by atoms with E-state index in [1.807, 2.05) is 53.4 Å². The predicted octanol–water partition coefficient (Wildman–Crippen LogP) is 10.8. The van der Waals surface area contributed by atoms with Gasteiger partial charge >= 0.3 is 0 Å². The number of nitrogens with zero attached hydrogens (tertiary/aromatic N) is 12. The molecule has 4 aromatic carbocycles. The number of hydrogen-bond acceptors (Lipinski definition) is 17. The molecule has 5 aliphatic rings. The maximum Gasteiger partial charge on any atom is 0.223 e. The van der Waals surface area contributed by atoms with Crippen LogP contribution in [0.5, 0.6) is 28.7 Å². The molecule has 22 nitrogen and oxygen atoms in total. The second-order valence-corrected chi connectivity index (χ2v) is 28.9. The van der Waals surface area contributed by atoms with E-state index in [-0.39, 0.29) is 61.7 Å². The van der Waals surface area contributed by atoms with Crippen LogP contribution in [-0.2, 0) is 98.2 Å². The first-order valence-corrected chi connectivity index (χ1v) is 36.6. The van der Waals surface area contributed by atoms with Crippen LogP contribution >= 0.6 is 11.6 Å². The van der Waals surface area contributed by atoms with Crippen LogP contribution in [0.4, 0.5) is 4.39 Å². The van der Waals surface area contributed by atoms with Gasteiger partial charge in [-0.3, -0.25) is 58.4 Å². The van der Waals surface area contributed by atoms with Gasteiger partial charge in [0.15, 0.2) is 28.7 Å². The lowest BCUT2D eigenvalue weighted by molar-refractivity contribution is 0.209. The minimum atomic E-state index is -0.372. The van der Waals surface area contributed by atoms with Crippen LogP contribution in [-0.4, -0.2) is 116 Å². The predicted molar refractivity (Wildman–Crippen MR) is 414 cm³/mol. The van der Waals surface area contributed by atoms with Crippen molar-refractivity contribution in [2.24, 2.45) is 0 Å². The normalized spacial score (nSPS) is 14.8. The zero-order chi connectivity index (χ0) is 76.1. The molecule has 0 spiro atoms. The lowest BCUT2D eigenvalue weighted by Crippen LogP contribution is -2.34. The SMILES string of the molecule is CC(C)c1ccc(CN2CCn3cc(O)c(=O)cc3C2)cc1.Cc1ccc(CN2CCn3cc(O)c(=O)cc3C2)c(C)c1.O=c1cc2n(cc1O)CCN(Cc1ccc(-c3cccnc3)cc1)C2.O=c1cc2n(cc1O)CCN(Cc1ccc(F)cc1Cl)C2.O=c1cc2n(cc1O)CCN(Cc1cccnc1)C2. The fraction of sp³-hybridized carbons (Fsp3) is 0.298. The van der Waals surface area contributed by atoms with E-state index in [1.165, 1.54) is 82.3 Å². The summed E-state index contributed by atoms with van der Waals surface area (Å²) in [5.74, 6) is -0.713. The molecule has 11 aromatic rings. The summed E-state index contributed by atoms with van der Waals surface area (Å²) in [6.07, 6.45) is 14.9. The van der Waals surface area contributed by atoms with Gasteiger partial charge in [0.2, 0.25) is 27.1 Å². The third-order valence-electron chi connectivity index (χ3n) is 20.0. The second-order valence-electron chi connectivity index (χ2n) is 28.5.